The minimum absolute atomic E-state index is 0.109. The van der Waals surface area contributed by atoms with Crippen molar-refractivity contribution < 1.29 is 58.2 Å². The van der Waals surface area contributed by atoms with Crippen molar-refractivity contribution in [2.24, 2.45) is 23.0 Å². The van der Waals surface area contributed by atoms with Crippen LogP contribution in [-0.2, 0) is 54.4 Å². The number of nitrogens with one attached hydrogen (secondary N) is 6. The minimum Gasteiger partial charge on any atom is -0.481 e. The van der Waals surface area contributed by atoms with Crippen LogP contribution in [0.5, 0.6) is 0 Å². The summed E-state index contributed by atoms with van der Waals surface area (Å²) in [7, 11) is 0. The maximum atomic E-state index is 14.3. The zero-order valence-corrected chi connectivity index (χ0v) is 37.3. The Hall–Kier alpha value is -5.88. The van der Waals surface area contributed by atoms with Crippen LogP contribution < -0.4 is 37.6 Å². The number of amides is 7. The Bertz CT molecular complexity index is 1770. The summed E-state index contributed by atoms with van der Waals surface area (Å²) in [5.41, 5.74) is 5.63. The van der Waals surface area contributed by atoms with Crippen molar-refractivity contribution in [2.75, 3.05) is 0 Å². The summed E-state index contributed by atoms with van der Waals surface area (Å²) in [4.78, 5) is 129. The van der Waals surface area contributed by atoms with Gasteiger partial charge in [0.1, 0.15) is 30.2 Å². The van der Waals surface area contributed by atoms with Crippen LogP contribution in [0.1, 0.15) is 118 Å². The number of primary amides is 1. The van der Waals surface area contributed by atoms with E-state index in [4.69, 9.17) is 10.8 Å². The van der Waals surface area contributed by atoms with Gasteiger partial charge >= 0.3 is 11.9 Å². The SMILES string of the molecule is CCCCC(NC(=O)[C@H](CC(C)C)NC(=O)[C@@H](NC(=O)[C@H](Cc1ccccc1C)NC(=O)[C@H](CCC(=O)O)NC(=O)[C@H](NC(=O)CCC(=O)O)C(C)C)C(C)(C)C)C(=O)C(N)=O. The van der Waals surface area contributed by atoms with E-state index in [0.29, 0.717) is 18.4 Å². The monoisotopic (exact) mass is 873 g/mol. The largest absolute Gasteiger partial charge is 0.481 e. The molecule has 1 aromatic rings. The van der Waals surface area contributed by atoms with Gasteiger partial charge in [-0.2, -0.15) is 0 Å². The lowest BCUT2D eigenvalue weighted by Gasteiger charge is -2.34. The maximum absolute atomic E-state index is 14.3. The summed E-state index contributed by atoms with van der Waals surface area (Å²) in [6.07, 6.45) is -0.573. The molecule has 346 valence electrons. The van der Waals surface area contributed by atoms with E-state index >= 15 is 0 Å². The van der Waals surface area contributed by atoms with E-state index < -0.39 is 132 Å². The fourth-order valence-corrected chi connectivity index (χ4v) is 6.34. The average molecular weight is 874 g/mol. The topological polar surface area (TPSA) is 309 Å². The zero-order valence-electron chi connectivity index (χ0n) is 37.3. The highest BCUT2D eigenvalue weighted by molar-refractivity contribution is 6.37. The third kappa shape index (κ3) is 19.2. The molecular weight excluding hydrogens is 807 g/mol. The molecule has 0 aliphatic carbocycles. The van der Waals surface area contributed by atoms with Crippen molar-refractivity contribution in [3.8, 4) is 0 Å². The number of unbranched alkanes of at least 4 members (excludes halogenated alkanes) is 1. The lowest BCUT2D eigenvalue weighted by Crippen LogP contribution is -2.62. The highest BCUT2D eigenvalue weighted by Crippen LogP contribution is 2.21. The van der Waals surface area contributed by atoms with Gasteiger partial charge in [-0.15, -0.1) is 0 Å². The number of carbonyl (C=O) groups is 10. The van der Waals surface area contributed by atoms with Crippen LogP contribution in [0, 0.1) is 24.2 Å². The number of ketones is 1. The van der Waals surface area contributed by atoms with Crippen molar-refractivity contribution in [1.82, 2.24) is 31.9 Å². The van der Waals surface area contributed by atoms with Crippen molar-refractivity contribution >= 4 is 59.1 Å². The molecule has 0 saturated carbocycles. The second-order valence-electron chi connectivity index (χ2n) is 17.3. The fourth-order valence-electron chi connectivity index (χ4n) is 6.34. The summed E-state index contributed by atoms with van der Waals surface area (Å²) in [5.74, 6) is -10.2. The predicted molar refractivity (Wildman–Crippen MR) is 228 cm³/mol. The molecule has 19 heteroatoms. The van der Waals surface area contributed by atoms with Crippen molar-refractivity contribution in [2.45, 2.75) is 156 Å². The van der Waals surface area contributed by atoms with Crippen LogP contribution in [0.4, 0.5) is 0 Å². The van der Waals surface area contributed by atoms with Crippen LogP contribution in [0.25, 0.3) is 0 Å². The zero-order chi connectivity index (χ0) is 47.5. The quantitative estimate of drug-likeness (QED) is 0.0563. The standard InChI is InChI=1S/C43H67N7O12/c1-10-11-16-27(35(56)37(44)57)45-39(59)29(21-23(2)3)48-42(62)36(43(7,8)9)50-40(60)30(22-26-15-13-12-14-25(26)6)47-38(58)28(17-19-32(52)53)46-41(61)34(24(4)5)49-31(51)18-20-33(54)55/h12-15,23-24,27-30,34,36H,10-11,16-22H2,1-9H3,(H2,44,57)(H,45,59)(H,46,61)(H,47,58)(H,48,62)(H,49,51)(H,50,60)(H,52,53)(H,54,55)/t27?,28-,29-,30-,34+,36+/m0/s1. The van der Waals surface area contributed by atoms with E-state index in [-0.39, 0.29) is 25.2 Å². The first-order chi connectivity index (χ1) is 28.8. The summed E-state index contributed by atoms with van der Waals surface area (Å²) >= 11 is 0. The number of nitrogens with two attached hydrogens (primary N) is 1. The fraction of sp³-hybridized carbons (Fsp3) is 0.628. The molecule has 10 N–H and O–H groups in total. The van der Waals surface area contributed by atoms with Gasteiger partial charge in [0.15, 0.2) is 0 Å². The number of rotatable bonds is 27. The predicted octanol–water partition coefficient (Wildman–Crippen LogP) is 1.17. The Balaban J connectivity index is 3.57. The molecule has 6 atom stereocenters. The molecule has 0 heterocycles. The van der Waals surface area contributed by atoms with Gasteiger partial charge in [0.25, 0.3) is 5.91 Å². The number of aryl methyl sites for hydroxylation is 1. The molecule has 0 radical (unpaired) electrons. The van der Waals surface area contributed by atoms with E-state index in [2.05, 4.69) is 31.9 Å². The number of benzene rings is 1. The Kier molecular flexibility index (Phi) is 22.5. The molecule has 1 unspecified atom stereocenters. The Labute approximate surface area is 363 Å². The van der Waals surface area contributed by atoms with Crippen molar-refractivity contribution in [1.29, 1.82) is 0 Å². The normalized spacial score (nSPS) is 14.2. The van der Waals surface area contributed by atoms with Crippen LogP contribution in [0.15, 0.2) is 24.3 Å². The van der Waals surface area contributed by atoms with Crippen LogP contribution in [0.3, 0.4) is 0 Å². The highest BCUT2D eigenvalue weighted by Gasteiger charge is 2.39. The molecule has 0 fully saturated rings. The number of Topliss-reactive ketones (excluding diaryl/α,β-unsaturated/α-hetero) is 1. The van der Waals surface area contributed by atoms with Gasteiger partial charge in [0.05, 0.1) is 12.5 Å². The summed E-state index contributed by atoms with van der Waals surface area (Å²) in [6, 6.07) is -0.893. The van der Waals surface area contributed by atoms with Crippen LogP contribution in [-0.4, -0.2) is 106 Å². The summed E-state index contributed by atoms with van der Waals surface area (Å²) < 4.78 is 0. The van der Waals surface area contributed by atoms with Crippen LogP contribution >= 0.6 is 0 Å². The van der Waals surface area contributed by atoms with Crippen molar-refractivity contribution in [3.05, 3.63) is 35.4 Å². The van der Waals surface area contributed by atoms with Gasteiger partial charge in [0.2, 0.25) is 41.2 Å². The number of carbonyl (C=O) groups excluding carboxylic acids is 8. The average Bonchev–Trinajstić information content (AvgIpc) is 3.16. The lowest BCUT2D eigenvalue weighted by atomic mass is 9.85. The minimum atomic E-state index is -1.53. The first kappa shape index (κ1) is 54.1. The maximum Gasteiger partial charge on any atom is 0.303 e. The number of carboxylic acid groups (broad SMARTS) is 2. The third-order valence-electron chi connectivity index (χ3n) is 9.91. The van der Waals surface area contributed by atoms with Gasteiger partial charge < -0.3 is 47.8 Å². The summed E-state index contributed by atoms with van der Waals surface area (Å²) in [6.45, 7) is 15.5. The van der Waals surface area contributed by atoms with Gasteiger partial charge in [-0.1, -0.05) is 92.5 Å². The Morgan fingerprint density at radius 2 is 1.18 bits per heavy atom. The van der Waals surface area contributed by atoms with Gasteiger partial charge in [0, 0.05) is 19.3 Å². The van der Waals surface area contributed by atoms with Crippen LogP contribution in [0.2, 0.25) is 0 Å². The molecule has 0 bridgehead atoms. The second-order valence-corrected chi connectivity index (χ2v) is 17.3. The molecule has 0 aromatic heterocycles. The van der Waals surface area contributed by atoms with E-state index in [1.165, 1.54) is 0 Å². The Morgan fingerprint density at radius 1 is 0.645 bits per heavy atom. The third-order valence-corrected chi connectivity index (χ3v) is 9.91. The van der Waals surface area contributed by atoms with E-state index in [1.54, 1.807) is 65.8 Å². The lowest BCUT2D eigenvalue weighted by molar-refractivity contribution is -0.140. The first-order valence-electron chi connectivity index (χ1n) is 20.9. The second kappa shape index (κ2) is 25.8. The number of aliphatic carboxylic acids is 2. The van der Waals surface area contributed by atoms with E-state index in [0.717, 1.165) is 5.56 Å². The molecule has 7 amide bonds. The van der Waals surface area contributed by atoms with Crippen molar-refractivity contribution in [3.63, 3.8) is 0 Å². The summed E-state index contributed by atoms with van der Waals surface area (Å²) in [5, 5.41) is 34.0. The molecule has 0 aliphatic heterocycles. The molecule has 0 spiro atoms. The molecule has 1 rings (SSSR count). The molecule has 62 heavy (non-hydrogen) atoms. The molecular formula is C43H67N7O12. The van der Waals surface area contributed by atoms with Gasteiger partial charge in [-0.05, 0) is 54.6 Å². The number of carboxylic acids is 2. The molecule has 0 saturated heterocycles. The highest BCUT2D eigenvalue weighted by atomic mass is 16.4. The van der Waals surface area contributed by atoms with E-state index in [1.807, 2.05) is 20.8 Å². The smallest absolute Gasteiger partial charge is 0.303 e. The van der Waals surface area contributed by atoms with Gasteiger partial charge in [-0.25, -0.2) is 0 Å². The van der Waals surface area contributed by atoms with Gasteiger partial charge in [-0.3, -0.25) is 47.9 Å². The number of hydrogen-bond acceptors (Lipinski definition) is 10. The number of hydrogen-bond donors (Lipinski definition) is 9. The molecule has 1 aromatic carbocycles. The molecule has 0 aliphatic rings. The Morgan fingerprint density at radius 3 is 1.69 bits per heavy atom. The van der Waals surface area contributed by atoms with E-state index in [9.17, 15) is 53.1 Å². The molecule has 19 nitrogen and oxygen atoms in total. The first-order valence-corrected chi connectivity index (χ1v) is 20.9.